The fourth-order valence-electron chi connectivity index (χ4n) is 1.77. The van der Waals surface area contributed by atoms with Gasteiger partial charge < -0.3 is 11.1 Å². The zero-order chi connectivity index (χ0) is 12.9. The number of nitrogens with two attached hydrogens (primary N) is 1. The van der Waals surface area contributed by atoms with E-state index in [-0.39, 0.29) is 5.54 Å². The first-order valence-corrected chi connectivity index (χ1v) is 6.58. The lowest BCUT2D eigenvalue weighted by atomic mass is 9.92. The maximum Gasteiger partial charge on any atom is 0.101 e. The van der Waals surface area contributed by atoms with Gasteiger partial charge in [-0.1, -0.05) is 29.8 Å². The largest absolute Gasteiger partial charge is 0.377 e. The Balaban J connectivity index is 3.06. The maximum absolute atomic E-state index is 9.12. The van der Waals surface area contributed by atoms with Crippen molar-refractivity contribution in [3.05, 3.63) is 28.2 Å². The second-order valence-electron chi connectivity index (χ2n) is 4.12. The fraction of sp³-hybridized carbons (Fsp3) is 0.462. The highest BCUT2D eigenvalue weighted by molar-refractivity contribution is 9.10. The molecule has 1 rings (SSSR count). The second-order valence-corrected chi connectivity index (χ2v) is 5.03. The van der Waals surface area contributed by atoms with Crippen molar-refractivity contribution < 1.29 is 0 Å². The molecule has 0 aliphatic rings. The zero-order valence-electron chi connectivity index (χ0n) is 10.3. The average molecular weight is 296 g/mol. The number of anilines is 1. The number of nitrogens with one attached hydrogen (secondary N) is 1. The number of rotatable bonds is 5. The molecule has 0 heterocycles. The van der Waals surface area contributed by atoms with E-state index < -0.39 is 0 Å². The van der Waals surface area contributed by atoms with Crippen LogP contribution in [0.3, 0.4) is 0 Å². The van der Waals surface area contributed by atoms with E-state index in [4.69, 9.17) is 11.0 Å². The van der Waals surface area contributed by atoms with Crippen LogP contribution in [0.25, 0.3) is 0 Å². The highest BCUT2D eigenvalue weighted by Gasteiger charge is 2.24. The first kappa shape index (κ1) is 14.0. The van der Waals surface area contributed by atoms with Gasteiger partial charge in [0, 0.05) is 16.6 Å². The van der Waals surface area contributed by atoms with Gasteiger partial charge in [0.15, 0.2) is 0 Å². The average Bonchev–Trinajstić information content (AvgIpc) is 2.37. The summed E-state index contributed by atoms with van der Waals surface area (Å²) in [6.07, 6.45) is 1.86. The first-order chi connectivity index (χ1) is 8.10. The molecule has 3 N–H and O–H groups in total. The molecule has 0 aromatic heterocycles. The van der Waals surface area contributed by atoms with Gasteiger partial charge in [0.05, 0.1) is 11.3 Å². The SMILES string of the molecule is CCC(CC)(CN)Nc1ccc(Br)cc1C#N. The van der Waals surface area contributed by atoms with E-state index in [1.807, 2.05) is 18.2 Å². The minimum Gasteiger partial charge on any atom is -0.377 e. The van der Waals surface area contributed by atoms with Gasteiger partial charge in [-0.15, -0.1) is 0 Å². The summed E-state index contributed by atoms with van der Waals surface area (Å²) in [7, 11) is 0. The molecule has 1 aromatic rings. The maximum atomic E-state index is 9.12. The number of benzene rings is 1. The smallest absolute Gasteiger partial charge is 0.101 e. The molecule has 3 nitrogen and oxygen atoms in total. The Hall–Kier alpha value is -1.05. The molecule has 0 fully saturated rings. The lowest BCUT2D eigenvalue weighted by Gasteiger charge is -2.33. The second kappa shape index (κ2) is 6.04. The Morgan fingerprint density at radius 1 is 1.41 bits per heavy atom. The summed E-state index contributed by atoms with van der Waals surface area (Å²) in [5.74, 6) is 0. The van der Waals surface area contributed by atoms with Crippen molar-refractivity contribution in [1.82, 2.24) is 0 Å². The van der Waals surface area contributed by atoms with E-state index >= 15 is 0 Å². The van der Waals surface area contributed by atoms with Gasteiger partial charge in [-0.05, 0) is 31.0 Å². The number of nitriles is 1. The summed E-state index contributed by atoms with van der Waals surface area (Å²) >= 11 is 3.36. The Morgan fingerprint density at radius 2 is 2.06 bits per heavy atom. The van der Waals surface area contributed by atoms with Gasteiger partial charge in [-0.25, -0.2) is 0 Å². The zero-order valence-corrected chi connectivity index (χ0v) is 11.8. The Morgan fingerprint density at radius 3 is 2.53 bits per heavy atom. The molecule has 0 amide bonds. The fourth-order valence-corrected chi connectivity index (χ4v) is 2.13. The third-order valence-electron chi connectivity index (χ3n) is 3.25. The predicted molar refractivity (Wildman–Crippen MR) is 74.8 cm³/mol. The number of nitrogens with zero attached hydrogens (tertiary/aromatic N) is 1. The third kappa shape index (κ3) is 3.21. The van der Waals surface area contributed by atoms with Crippen molar-refractivity contribution in [3.8, 4) is 6.07 Å². The van der Waals surface area contributed by atoms with Gasteiger partial charge in [-0.2, -0.15) is 5.26 Å². The lowest BCUT2D eigenvalue weighted by molar-refractivity contribution is 0.445. The minimum absolute atomic E-state index is 0.126. The Bertz CT molecular complexity index is 411. The van der Waals surface area contributed by atoms with Gasteiger partial charge in [-0.3, -0.25) is 0 Å². The van der Waals surface area contributed by atoms with Crippen LogP contribution in [0.2, 0.25) is 0 Å². The number of hydrogen-bond donors (Lipinski definition) is 2. The standard InChI is InChI=1S/C13H18BrN3/c1-3-13(4-2,9-16)17-12-6-5-11(14)7-10(12)8-15/h5-7,17H,3-4,9,16H2,1-2H3. The molecule has 0 spiro atoms. The van der Waals surface area contributed by atoms with Crippen molar-refractivity contribution in [2.45, 2.75) is 32.2 Å². The Kier molecular flexibility index (Phi) is 4.98. The van der Waals surface area contributed by atoms with Crippen LogP contribution in [0.5, 0.6) is 0 Å². The van der Waals surface area contributed by atoms with Gasteiger partial charge in [0.2, 0.25) is 0 Å². The summed E-state index contributed by atoms with van der Waals surface area (Å²) in [5.41, 5.74) is 7.21. The van der Waals surface area contributed by atoms with Crippen molar-refractivity contribution in [3.63, 3.8) is 0 Å². The van der Waals surface area contributed by atoms with Crippen LogP contribution in [0.4, 0.5) is 5.69 Å². The van der Waals surface area contributed by atoms with Crippen LogP contribution >= 0.6 is 15.9 Å². The van der Waals surface area contributed by atoms with Crippen LogP contribution in [0.15, 0.2) is 22.7 Å². The molecule has 1 aromatic carbocycles. The quantitative estimate of drug-likeness (QED) is 0.876. The molecule has 0 radical (unpaired) electrons. The van der Waals surface area contributed by atoms with Crippen LogP contribution in [-0.4, -0.2) is 12.1 Å². The normalized spacial score (nSPS) is 11.0. The summed E-state index contributed by atoms with van der Waals surface area (Å²) < 4.78 is 0.908. The molecule has 0 aliphatic carbocycles. The topological polar surface area (TPSA) is 61.8 Å². The highest BCUT2D eigenvalue weighted by Crippen LogP contribution is 2.26. The molecule has 0 saturated heterocycles. The molecule has 92 valence electrons. The summed E-state index contributed by atoms with van der Waals surface area (Å²) in [6, 6.07) is 7.85. The molecular formula is C13H18BrN3. The highest BCUT2D eigenvalue weighted by atomic mass is 79.9. The van der Waals surface area contributed by atoms with Crippen molar-refractivity contribution >= 4 is 21.6 Å². The van der Waals surface area contributed by atoms with Crippen LogP contribution < -0.4 is 11.1 Å². The predicted octanol–water partition coefficient (Wildman–Crippen LogP) is 3.25. The monoisotopic (exact) mass is 295 g/mol. The van der Waals surface area contributed by atoms with Crippen LogP contribution in [0.1, 0.15) is 32.3 Å². The first-order valence-electron chi connectivity index (χ1n) is 5.78. The summed E-state index contributed by atoms with van der Waals surface area (Å²) in [5, 5.41) is 12.5. The Labute approximate surface area is 111 Å². The van der Waals surface area contributed by atoms with E-state index in [1.165, 1.54) is 0 Å². The number of hydrogen-bond acceptors (Lipinski definition) is 3. The molecule has 0 atom stereocenters. The van der Waals surface area contributed by atoms with E-state index in [2.05, 4.69) is 41.2 Å². The van der Waals surface area contributed by atoms with E-state index in [0.717, 1.165) is 23.0 Å². The van der Waals surface area contributed by atoms with Gasteiger partial charge >= 0.3 is 0 Å². The molecular weight excluding hydrogens is 278 g/mol. The van der Waals surface area contributed by atoms with Crippen LogP contribution in [-0.2, 0) is 0 Å². The van der Waals surface area contributed by atoms with Crippen molar-refractivity contribution in [2.75, 3.05) is 11.9 Å². The van der Waals surface area contributed by atoms with Crippen LogP contribution in [0, 0.1) is 11.3 Å². The molecule has 0 bridgehead atoms. The third-order valence-corrected chi connectivity index (χ3v) is 3.74. The molecule has 0 aliphatic heterocycles. The van der Waals surface area contributed by atoms with Gasteiger partial charge in [0.25, 0.3) is 0 Å². The minimum atomic E-state index is -0.126. The van der Waals surface area contributed by atoms with E-state index in [9.17, 15) is 0 Å². The number of halogens is 1. The summed E-state index contributed by atoms with van der Waals surface area (Å²) in [4.78, 5) is 0. The lowest BCUT2D eigenvalue weighted by Crippen LogP contribution is -2.44. The summed E-state index contributed by atoms with van der Waals surface area (Å²) in [6.45, 7) is 4.77. The van der Waals surface area contributed by atoms with Crippen molar-refractivity contribution in [2.24, 2.45) is 5.73 Å². The molecule has 0 saturated carbocycles. The molecule has 17 heavy (non-hydrogen) atoms. The van der Waals surface area contributed by atoms with Gasteiger partial charge in [0.1, 0.15) is 6.07 Å². The molecule has 4 heteroatoms. The van der Waals surface area contributed by atoms with Crippen molar-refractivity contribution in [1.29, 1.82) is 5.26 Å². The molecule has 0 unspecified atom stereocenters. The van der Waals surface area contributed by atoms with E-state index in [0.29, 0.717) is 12.1 Å². The van der Waals surface area contributed by atoms with E-state index in [1.54, 1.807) is 0 Å².